The molecule has 0 aliphatic carbocycles. The van der Waals surface area contributed by atoms with E-state index in [0.29, 0.717) is 6.61 Å². The SMILES string of the molecule is CCOc1ccc(C(=S)N2CC[NH+](C)CC2)cc1OC. The first-order chi connectivity index (χ1) is 9.65. The minimum Gasteiger partial charge on any atom is -0.493 e. The van der Waals surface area contributed by atoms with Crippen LogP contribution in [0.25, 0.3) is 0 Å². The fourth-order valence-electron chi connectivity index (χ4n) is 2.35. The molecule has 4 nitrogen and oxygen atoms in total. The van der Waals surface area contributed by atoms with Crippen LogP contribution >= 0.6 is 12.2 Å². The van der Waals surface area contributed by atoms with Gasteiger partial charge in [0, 0.05) is 5.56 Å². The van der Waals surface area contributed by atoms with E-state index in [1.807, 2.05) is 25.1 Å². The second-order valence-electron chi connectivity index (χ2n) is 5.05. The number of nitrogens with one attached hydrogen (secondary N) is 1. The molecule has 1 heterocycles. The molecule has 0 unspecified atom stereocenters. The third kappa shape index (κ3) is 3.41. The highest BCUT2D eigenvalue weighted by molar-refractivity contribution is 7.80. The van der Waals surface area contributed by atoms with Crippen molar-refractivity contribution in [1.82, 2.24) is 4.90 Å². The van der Waals surface area contributed by atoms with Crippen molar-refractivity contribution in [3.63, 3.8) is 0 Å². The van der Waals surface area contributed by atoms with Crippen molar-refractivity contribution in [3.8, 4) is 11.5 Å². The lowest BCUT2D eigenvalue weighted by atomic mass is 10.1. The number of ether oxygens (including phenoxy) is 2. The standard InChI is InChI=1S/C15H22N2O2S/c1-4-19-13-6-5-12(11-14(13)18-3)15(20)17-9-7-16(2)8-10-17/h5-6,11H,4,7-10H2,1-3H3/p+1. The van der Waals surface area contributed by atoms with E-state index in [4.69, 9.17) is 21.7 Å². The van der Waals surface area contributed by atoms with Crippen LogP contribution in [-0.4, -0.2) is 56.8 Å². The van der Waals surface area contributed by atoms with Crippen molar-refractivity contribution in [1.29, 1.82) is 0 Å². The lowest BCUT2D eigenvalue weighted by molar-refractivity contribution is -0.883. The van der Waals surface area contributed by atoms with Gasteiger partial charge in [-0.25, -0.2) is 0 Å². The van der Waals surface area contributed by atoms with Crippen molar-refractivity contribution < 1.29 is 14.4 Å². The zero-order chi connectivity index (χ0) is 14.5. The van der Waals surface area contributed by atoms with E-state index in [2.05, 4.69) is 11.9 Å². The van der Waals surface area contributed by atoms with E-state index in [-0.39, 0.29) is 0 Å². The third-order valence-electron chi connectivity index (χ3n) is 3.61. The summed E-state index contributed by atoms with van der Waals surface area (Å²) >= 11 is 5.61. The monoisotopic (exact) mass is 295 g/mol. The maximum Gasteiger partial charge on any atom is 0.161 e. The Bertz CT molecular complexity index is 471. The van der Waals surface area contributed by atoms with Crippen LogP contribution in [0, 0.1) is 0 Å². The Morgan fingerprint density at radius 1 is 1.30 bits per heavy atom. The molecule has 0 saturated carbocycles. The average Bonchev–Trinajstić information content (AvgIpc) is 2.48. The second kappa shape index (κ2) is 6.90. The van der Waals surface area contributed by atoms with Crippen LogP contribution in [-0.2, 0) is 0 Å². The molecule has 1 aromatic rings. The molecule has 1 aromatic carbocycles. The molecule has 0 aromatic heterocycles. The lowest BCUT2D eigenvalue weighted by Gasteiger charge is -2.32. The van der Waals surface area contributed by atoms with Crippen molar-refractivity contribution in [2.45, 2.75) is 6.92 Å². The van der Waals surface area contributed by atoms with Crippen molar-refractivity contribution in [2.75, 3.05) is 46.9 Å². The summed E-state index contributed by atoms with van der Waals surface area (Å²) in [5.74, 6) is 1.51. The zero-order valence-electron chi connectivity index (χ0n) is 12.4. The summed E-state index contributed by atoms with van der Waals surface area (Å²) in [5.41, 5.74) is 1.03. The number of rotatable bonds is 4. The summed E-state index contributed by atoms with van der Waals surface area (Å²) in [5, 5.41) is 0. The molecule has 2 rings (SSSR count). The Labute approximate surface area is 126 Å². The second-order valence-corrected chi connectivity index (χ2v) is 5.43. The summed E-state index contributed by atoms with van der Waals surface area (Å²) in [6.07, 6.45) is 0. The minimum absolute atomic E-state index is 0.626. The molecule has 20 heavy (non-hydrogen) atoms. The molecule has 110 valence electrons. The topological polar surface area (TPSA) is 26.1 Å². The number of hydrogen-bond acceptors (Lipinski definition) is 3. The summed E-state index contributed by atoms with van der Waals surface area (Å²) in [7, 11) is 3.88. The summed E-state index contributed by atoms with van der Waals surface area (Å²) < 4.78 is 10.9. The van der Waals surface area contributed by atoms with Gasteiger partial charge in [0.1, 0.15) is 4.99 Å². The summed E-state index contributed by atoms with van der Waals surface area (Å²) in [6, 6.07) is 5.92. The molecule has 1 aliphatic rings. The van der Waals surface area contributed by atoms with Crippen LogP contribution in [0.5, 0.6) is 11.5 Å². The Morgan fingerprint density at radius 3 is 2.60 bits per heavy atom. The summed E-state index contributed by atoms with van der Waals surface area (Å²) in [4.78, 5) is 4.74. The highest BCUT2D eigenvalue weighted by Crippen LogP contribution is 2.28. The molecule has 0 spiro atoms. The number of methoxy groups -OCH3 is 1. The van der Waals surface area contributed by atoms with Crippen LogP contribution in [0.4, 0.5) is 0 Å². The molecule has 0 bridgehead atoms. The highest BCUT2D eigenvalue weighted by Gasteiger charge is 2.20. The quantitative estimate of drug-likeness (QED) is 0.823. The van der Waals surface area contributed by atoms with Crippen LogP contribution in [0.3, 0.4) is 0 Å². The number of benzene rings is 1. The predicted molar refractivity (Wildman–Crippen MR) is 84.1 cm³/mol. The number of quaternary nitrogens is 1. The van der Waals surface area contributed by atoms with E-state index >= 15 is 0 Å². The number of piperazine rings is 1. The number of thiocarbonyl (C=S) groups is 1. The first-order valence-electron chi connectivity index (χ1n) is 7.07. The smallest absolute Gasteiger partial charge is 0.161 e. The average molecular weight is 295 g/mol. The summed E-state index contributed by atoms with van der Waals surface area (Å²) in [6.45, 7) is 6.88. The minimum atomic E-state index is 0.626. The van der Waals surface area contributed by atoms with Gasteiger partial charge in [0.15, 0.2) is 11.5 Å². The molecular weight excluding hydrogens is 272 g/mol. The van der Waals surface area contributed by atoms with Crippen LogP contribution < -0.4 is 14.4 Å². The van der Waals surface area contributed by atoms with E-state index < -0.39 is 0 Å². The van der Waals surface area contributed by atoms with Gasteiger partial charge in [-0.1, -0.05) is 12.2 Å². The largest absolute Gasteiger partial charge is 0.493 e. The van der Waals surface area contributed by atoms with Gasteiger partial charge in [-0.3, -0.25) is 0 Å². The van der Waals surface area contributed by atoms with E-state index in [0.717, 1.165) is 48.2 Å². The molecule has 1 saturated heterocycles. The molecule has 5 heteroatoms. The Morgan fingerprint density at radius 2 is 2.00 bits per heavy atom. The Hall–Kier alpha value is -1.33. The third-order valence-corrected chi connectivity index (χ3v) is 4.11. The fourth-order valence-corrected chi connectivity index (χ4v) is 2.66. The van der Waals surface area contributed by atoms with Gasteiger partial charge in [-0.05, 0) is 25.1 Å². The fraction of sp³-hybridized carbons (Fsp3) is 0.533. The van der Waals surface area contributed by atoms with Crippen LogP contribution in [0.1, 0.15) is 12.5 Å². The molecular formula is C15H23N2O2S+. The molecule has 0 radical (unpaired) electrons. The van der Waals surface area contributed by atoms with Gasteiger partial charge in [-0.2, -0.15) is 0 Å². The van der Waals surface area contributed by atoms with Gasteiger partial charge in [0.05, 0.1) is 46.9 Å². The highest BCUT2D eigenvalue weighted by atomic mass is 32.1. The molecule has 1 fully saturated rings. The van der Waals surface area contributed by atoms with Gasteiger partial charge >= 0.3 is 0 Å². The zero-order valence-corrected chi connectivity index (χ0v) is 13.3. The molecule has 0 amide bonds. The maximum absolute atomic E-state index is 5.61. The van der Waals surface area contributed by atoms with Crippen LogP contribution in [0.15, 0.2) is 18.2 Å². The van der Waals surface area contributed by atoms with Crippen molar-refractivity contribution in [2.24, 2.45) is 0 Å². The lowest BCUT2D eigenvalue weighted by Crippen LogP contribution is -3.12. The Kier molecular flexibility index (Phi) is 5.20. The molecule has 1 N–H and O–H groups in total. The van der Waals surface area contributed by atoms with Crippen molar-refractivity contribution in [3.05, 3.63) is 23.8 Å². The molecule has 0 atom stereocenters. The number of nitrogens with zero attached hydrogens (tertiary/aromatic N) is 1. The molecule has 1 aliphatic heterocycles. The van der Waals surface area contributed by atoms with E-state index in [1.54, 1.807) is 12.0 Å². The van der Waals surface area contributed by atoms with Gasteiger partial charge in [0.25, 0.3) is 0 Å². The van der Waals surface area contributed by atoms with E-state index in [9.17, 15) is 0 Å². The normalized spacial score (nSPS) is 16.1. The first-order valence-corrected chi connectivity index (χ1v) is 7.48. The van der Waals surface area contributed by atoms with Gasteiger partial charge < -0.3 is 19.3 Å². The van der Waals surface area contributed by atoms with Gasteiger partial charge in [-0.15, -0.1) is 0 Å². The number of hydrogen-bond donors (Lipinski definition) is 1. The first kappa shape index (κ1) is 15.1. The predicted octanol–water partition coefficient (Wildman–Crippen LogP) is 0.600. The van der Waals surface area contributed by atoms with Gasteiger partial charge in [0.2, 0.25) is 0 Å². The Balaban J connectivity index is 2.13. The van der Waals surface area contributed by atoms with Crippen LogP contribution in [0.2, 0.25) is 0 Å². The maximum atomic E-state index is 5.61. The number of likely N-dealkylation sites (N-methyl/N-ethyl adjacent to an activating group) is 1. The van der Waals surface area contributed by atoms with Crippen molar-refractivity contribution >= 4 is 17.2 Å². The van der Waals surface area contributed by atoms with E-state index in [1.165, 1.54) is 0 Å².